The van der Waals surface area contributed by atoms with E-state index in [0.717, 1.165) is 11.3 Å². The lowest BCUT2D eigenvalue weighted by molar-refractivity contribution is 0.307. The van der Waals surface area contributed by atoms with Gasteiger partial charge in [-0.2, -0.15) is 0 Å². The van der Waals surface area contributed by atoms with Gasteiger partial charge in [-0.1, -0.05) is 12.1 Å². The van der Waals surface area contributed by atoms with Crippen molar-refractivity contribution in [1.29, 1.82) is 0 Å². The molecule has 0 spiro atoms. The van der Waals surface area contributed by atoms with Crippen LogP contribution < -0.4 is 10.5 Å². The first-order chi connectivity index (χ1) is 9.78. The zero-order valence-electron chi connectivity index (χ0n) is 10.8. The zero-order valence-corrected chi connectivity index (χ0v) is 10.8. The minimum absolute atomic E-state index is 0.268. The normalized spacial score (nSPS) is 10.9. The largest absolute Gasteiger partial charge is 0.485 e. The minimum atomic E-state index is -0.268. The Morgan fingerprint density at radius 2 is 2.15 bits per heavy atom. The maximum atomic E-state index is 13.1. The van der Waals surface area contributed by atoms with E-state index in [1.165, 1.54) is 12.1 Å². The van der Waals surface area contributed by atoms with Crippen LogP contribution >= 0.6 is 0 Å². The quantitative estimate of drug-likeness (QED) is 0.793. The van der Waals surface area contributed by atoms with Crippen molar-refractivity contribution in [2.24, 2.45) is 5.73 Å². The molecule has 5 heteroatoms. The van der Waals surface area contributed by atoms with Crippen LogP contribution in [0.4, 0.5) is 4.39 Å². The maximum Gasteiger partial charge on any atom is 0.179 e. The van der Waals surface area contributed by atoms with Gasteiger partial charge in [0.1, 0.15) is 12.4 Å². The molecule has 0 amide bonds. The van der Waals surface area contributed by atoms with E-state index in [1.807, 2.05) is 28.8 Å². The Balaban J connectivity index is 1.86. The Morgan fingerprint density at radius 1 is 1.25 bits per heavy atom. The van der Waals surface area contributed by atoms with Gasteiger partial charge in [0, 0.05) is 12.7 Å². The van der Waals surface area contributed by atoms with Crippen LogP contribution in [-0.4, -0.2) is 9.38 Å². The molecule has 0 unspecified atom stereocenters. The van der Waals surface area contributed by atoms with Gasteiger partial charge in [-0.3, -0.25) is 4.40 Å². The Hall–Kier alpha value is -2.40. The van der Waals surface area contributed by atoms with Crippen LogP contribution in [0.15, 0.2) is 48.8 Å². The van der Waals surface area contributed by atoms with Gasteiger partial charge in [-0.25, -0.2) is 9.37 Å². The predicted octanol–water partition coefficient (Wildman–Crippen LogP) is 2.51. The number of nitrogens with zero attached hydrogens (tertiary/aromatic N) is 2. The molecule has 0 aliphatic rings. The number of rotatable bonds is 4. The molecular formula is C15H14FN3O. The molecule has 0 radical (unpaired) electrons. The molecule has 0 bridgehead atoms. The van der Waals surface area contributed by atoms with E-state index in [9.17, 15) is 4.39 Å². The highest BCUT2D eigenvalue weighted by atomic mass is 19.1. The Labute approximate surface area is 115 Å². The number of aromatic nitrogens is 2. The highest BCUT2D eigenvalue weighted by Gasteiger charge is 2.07. The fraction of sp³-hybridized carbons (Fsp3) is 0.133. The van der Waals surface area contributed by atoms with E-state index in [0.29, 0.717) is 24.5 Å². The Bertz CT molecular complexity index is 739. The van der Waals surface area contributed by atoms with Crippen molar-refractivity contribution in [3.63, 3.8) is 0 Å². The van der Waals surface area contributed by atoms with Crippen LogP contribution in [0.1, 0.15) is 11.3 Å². The molecule has 0 atom stereocenters. The van der Waals surface area contributed by atoms with Gasteiger partial charge in [0.25, 0.3) is 0 Å². The maximum absolute atomic E-state index is 13.1. The SMILES string of the molecule is NCc1cnc2c(OCc3cccc(F)c3)cccn12. The molecule has 102 valence electrons. The number of halogens is 1. The molecule has 0 aliphatic heterocycles. The van der Waals surface area contributed by atoms with Crippen LogP contribution in [0.5, 0.6) is 5.75 Å². The summed E-state index contributed by atoms with van der Waals surface area (Å²) in [6, 6.07) is 10.1. The van der Waals surface area contributed by atoms with E-state index in [1.54, 1.807) is 12.3 Å². The molecule has 0 fully saturated rings. The second-order valence-electron chi connectivity index (χ2n) is 4.44. The first-order valence-electron chi connectivity index (χ1n) is 6.30. The molecule has 20 heavy (non-hydrogen) atoms. The van der Waals surface area contributed by atoms with Gasteiger partial charge in [0.05, 0.1) is 11.9 Å². The number of benzene rings is 1. The van der Waals surface area contributed by atoms with Gasteiger partial charge in [0.15, 0.2) is 11.4 Å². The fourth-order valence-electron chi connectivity index (χ4n) is 2.09. The summed E-state index contributed by atoms with van der Waals surface area (Å²) < 4.78 is 20.7. The third-order valence-corrected chi connectivity index (χ3v) is 3.07. The number of fused-ring (bicyclic) bond motifs is 1. The van der Waals surface area contributed by atoms with Crippen molar-refractivity contribution in [2.75, 3.05) is 0 Å². The third-order valence-electron chi connectivity index (χ3n) is 3.07. The summed E-state index contributed by atoms with van der Waals surface area (Å²) in [7, 11) is 0. The van der Waals surface area contributed by atoms with Gasteiger partial charge in [-0.05, 0) is 29.8 Å². The lowest BCUT2D eigenvalue weighted by atomic mass is 10.2. The van der Waals surface area contributed by atoms with E-state index in [4.69, 9.17) is 10.5 Å². The summed E-state index contributed by atoms with van der Waals surface area (Å²) in [6.07, 6.45) is 3.62. The molecule has 1 aromatic carbocycles. The molecular weight excluding hydrogens is 257 g/mol. The van der Waals surface area contributed by atoms with Crippen molar-refractivity contribution < 1.29 is 9.13 Å². The molecule has 4 nitrogen and oxygen atoms in total. The minimum Gasteiger partial charge on any atom is -0.485 e. The van der Waals surface area contributed by atoms with Crippen molar-refractivity contribution in [2.45, 2.75) is 13.2 Å². The predicted molar refractivity (Wildman–Crippen MR) is 73.8 cm³/mol. The van der Waals surface area contributed by atoms with Crippen LogP contribution in [0, 0.1) is 5.82 Å². The topological polar surface area (TPSA) is 52.5 Å². The Morgan fingerprint density at radius 3 is 2.95 bits per heavy atom. The van der Waals surface area contributed by atoms with E-state index in [2.05, 4.69) is 4.98 Å². The summed E-state index contributed by atoms with van der Waals surface area (Å²) in [5.74, 6) is 0.381. The van der Waals surface area contributed by atoms with Crippen molar-refractivity contribution in [3.05, 3.63) is 65.9 Å². The molecule has 2 N–H and O–H groups in total. The van der Waals surface area contributed by atoms with Crippen LogP contribution in [0.3, 0.4) is 0 Å². The van der Waals surface area contributed by atoms with Crippen molar-refractivity contribution >= 4 is 5.65 Å². The smallest absolute Gasteiger partial charge is 0.179 e. The lowest BCUT2D eigenvalue weighted by Gasteiger charge is -2.08. The summed E-state index contributed by atoms with van der Waals surface area (Å²) in [5.41, 5.74) is 8.05. The van der Waals surface area contributed by atoms with E-state index in [-0.39, 0.29) is 5.82 Å². The number of ether oxygens (including phenoxy) is 1. The zero-order chi connectivity index (χ0) is 13.9. The summed E-state index contributed by atoms with van der Waals surface area (Å²) in [5, 5.41) is 0. The van der Waals surface area contributed by atoms with Crippen LogP contribution in [-0.2, 0) is 13.2 Å². The highest BCUT2D eigenvalue weighted by molar-refractivity contribution is 5.54. The van der Waals surface area contributed by atoms with Crippen molar-refractivity contribution in [1.82, 2.24) is 9.38 Å². The highest BCUT2D eigenvalue weighted by Crippen LogP contribution is 2.20. The second-order valence-corrected chi connectivity index (χ2v) is 4.44. The van der Waals surface area contributed by atoms with Crippen LogP contribution in [0.2, 0.25) is 0 Å². The van der Waals surface area contributed by atoms with Crippen LogP contribution in [0.25, 0.3) is 5.65 Å². The Kier molecular flexibility index (Phi) is 3.35. The van der Waals surface area contributed by atoms with Crippen molar-refractivity contribution in [3.8, 4) is 5.75 Å². The average Bonchev–Trinajstić information content (AvgIpc) is 2.89. The molecule has 3 rings (SSSR count). The third kappa shape index (κ3) is 2.35. The van der Waals surface area contributed by atoms with Gasteiger partial charge >= 0.3 is 0 Å². The molecule has 2 aromatic heterocycles. The number of hydrogen-bond donors (Lipinski definition) is 1. The monoisotopic (exact) mass is 271 g/mol. The van der Waals surface area contributed by atoms with E-state index >= 15 is 0 Å². The summed E-state index contributed by atoms with van der Waals surface area (Å²) >= 11 is 0. The number of pyridine rings is 1. The number of imidazole rings is 1. The number of nitrogens with two attached hydrogens (primary N) is 1. The van der Waals surface area contributed by atoms with Gasteiger partial charge in [-0.15, -0.1) is 0 Å². The molecule has 0 saturated carbocycles. The second kappa shape index (κ2) is 5.30. The number of hydrogen-bond acceptors (Lipinski definition) is 3. The van der Waals surface area contributed by atoms with Gasteiger partial charge < -0.3 is 10.5 Å². The molecule has 3 aromatic rings. The average molecular weight is 271 g/mol. The standard InChI is InChI=1S/C15H14FN3O/c16-12-4-1-3-11(7-12)10-20-14-5-2-6-19-13(8-17)9-18-15(14)19/h1-7,9H,8,10,17H2. The van der Waals surface area contributed by atoms with Gasteiger partial charge in [0.2, 0.25) is 0 Å². The first-order valence-corrected chi connectivity index (χ1v) is 6.30. The lowest BCUT2D eigenvalue weighted by Crippen LogP contribution is -2.02. The molecule has 0 saturated heterocycles. The fourth-order valence-corrected chi connectivity index (χ4v) is 2.09. The molecule has 0 aliphatic carbocycles. The van der Waals surface area contributed by atoms with E-state index < -0.39 is 0 Å². The molecule has 2 heterocycles. The summed E-state index contributed by atoms with van der Waals surface area (Å²) in [4.78, 5) is 4.30. The first kappa shape index (κ1) is 12.6. The summed E-state index contributed by atoms with van der Waals surface area (Å²) in [6.45, 7) is 0.705.